The average molecular weight is 380 g/mol. The van der Waals surface area contributed by atoms with Crippen LogP contribution in [0.5, 0.6) is 0 Å². The van der Waals surface area contributed by atoms with Crippen LogP contribution in [0.1, 0.15) is 19.4 Å². The molecular weight excluding hydrogens is 366 g/mol. The van der Waals surface area contributed by atoms with E-state index in [0.717, 1.165) is 0 Å². The van der Waals surface area contributed by atoms with Crippen molar-refractivity contribution in [3.63, 3.8) is 0 Å². The lowest BCUT2D eigenvalue weighted by Crippen LogP contribution is -2.35. The summed E-state index contributed by atoms with van der Waals surface area (Å²) in [5.41, 5.74) is -0.102. The molecule has 0 radical (unpaired) electrons. The van der Waals surface area contributed by atoms with Gasteiger partial charge in [-0.3, -0.25) is 14.9 Å². The molecule has 1 rings (SSSR count). The fourth-order valence-corrected chi connectivity index (χ4v) is 4.70. The molecule has 0 spiro atoms. The normalized spacial score (nSPS) is 13.1. The van der Waals surface area contributed by atoms with Crippen molar-refractivity contribution in [1.29, 1.82) is 0 Å². The largest absolute Gasteiger partial charge is 0.480 e. The van der Waals surface area contributed by atoms with E-state index in [9.17, 15) is 23.3 Å². The standard InChI is InChI=1S/C12H14BrNO6S/c1-7(2)11(12(15)16)21(19,20)6-8-4-3-5-9(10(8)13)14(17)18/h3-5,7,11H,6H2,1-2H3,(H,15,16). The molecule has 7 nitrogen and oxygen atoms in total. The molecule has 0 amide bonds. The third kappa shape index (κ3) is 4.01. The van der Waals surface area contributed by atoms with E-state index in [1.807, 2.05) is 0 Å². The summed E-state index contributed by atoms with van der Waals surface area (Å²) in [5.74, 6) is -2.61. The molecule has 0 aliphatic carbocycles. The second-order valence-corrected chi connectivity index (χ2v) is 7.73. The van der Waals surface area contributed by atoms with Crippen molar-refractivity contribution in [1.82, 2.24) is 0 Å². The first kappa shape index (κ1) is 17.6. The zero-order chi connectivity index (χ0) is 16.4. The van der Waals surface area contributed by atoms with Crippen LogP contribution in [0.15, 0.2) is 22.7 Å². The zero-order valence-corrected chi connectivity index (χ0v) is 13.7. The first-order valence-corrected chi connectivity index (χ1v) is 8.45. The topological polar surface area (TPSA) is 115 Å². The second-order valence-electron chi connectivity index (χ2n) is 4.82. The predicted octanol–water partition coefficient (Wildman–Crippen LogP) is 2.38. The molecule has 116 valence electrons. The van der Waals surface area contributed by atoms with Crippen LogP contribution in [-0.2, 0) is 20.4 Å². The van der Waals surface area contributed by atoms with Gasteiger partial charge in [-0.05, 0) is 27.4 Å². The highest BCUT2D eigenvalue weighted by atomic mass is 79.9. The van der Waals surface area contributed by atoms with E-state index in [2.05, 4.69) is 15.9 Å². The predicted molar refractivity (Wildman–Crippen MR) is 79.7 cm³/mol. The van der Waals surface area contributed by atoms with Gasteiger partial charge in [-0.25, -0.2) is 8.42 Å². The fourth-order valence-electron chi connectivity index (χ4n) is 1.98. The molecule has 0 saturated heterocycles. The Morgan fingerprint density at radius 2 is 2.00 bits per heavy atom. The maximum absolute atomic E-state index is 12.2. The summed E-state index contributed by atoms with van der Waals surface area (Å²) < 4.78 is 24.5. The minimum absolute atomic E-state index is 0.0477. The van der Waals surface area contributed by atoms with Gasteiger partial charge in [0.15, 0.2) is 15.1 Å². The highest BCUT2D eigenvalue weighted by Gasteiger charge is 2.36. The van der Waals surface area contributed by atoms with E-state index in [1.54, 1.807) is 0 Å². The number of benzene rings is 1. The lowest BCUT2D eigenvalue weighted by Gasteiger charge is -2.17. The summed E-state index contributed by atoms with van der Waals surface area (Å²) in [5, 5.41) is 18.3. The molecule has 0 aliphatic rings. The van der Waals surface area contributed by atoms with Crippen LogP contribution in [0.2, 0.25) is 0 Å². The lowest BCUT2D eigenvalue weighted by atomic mass is 10.1. The molecule has 0 saturated carbocycles. The average Bonchev–Trinajstić information content (AvgIpc) is 2.29. The monoisotopic (exact) mass is 379 g/mol. The molecular formula is C12H14BrNO6S. The van der Waals surface area contributed by atoms with Gasteiger partial charge in [0.2, 0.25) is 0 Å². The molecule has 1 aromatic rings. The number of sulfone groups is 1. The Hall–Kier alpha value is -1.48. The Kier molecular flexibility index (Phi) is 5.46. The van der Waals surface area contributed by atoms with Crippen LogP contribution in [0, 0.1) is 16.0 Å². The van der Waals surface area contributed by atoms with Crippen molar-refractivity contribution in [2.45, 2.75) is 24.9 Å². The van der Waals surface area contributed by atoms with E-state index in [-0.39, 0.29) is 15.7 Å². The number of nitrogens with zero attached hydrogens (tertiary/aromatic N) is 1. The minimum Gasteiger partial charge on any atom is -0.480 e. The molecule has 1 atom stereocenters. The van der Waals surface area contributed by atoms with Gasteiger partial charge in [-0.1, -0.05) is 26.0 Å². The van der Waals surface area contributed by atoms with Gasteiger partial charge < -0.3 is 5.11 Å². The summed E-state index contributed by atoms with van der Waals surface area (Å²) in [6.07, 6.45) is 0. The van der Waals surface area contributed by atoms with E-state index >= 15 is 0 Å². The number of nitro benzene ring substituents is 1. The second kappa shape index (κ2) is 6.52. The van der Waals surface area contributed by atoms with Crippen LogP contribution in [0.3, 0.4) is 0 Å². The maximum Gasteiger partial charge on any atom is 0.322 e. The molecule has 0 aliphatic heterocycles. The van der Waals surface area contributed by atoms with Crippen LogP contribution in [0.4, 0.5) is 5.69 Å². The number of carbonyl (C=O) groups is 1. The summed E-state index contributed by atoms with van der Waals surface area (Å²) in [6, 6.07) is 4.00. The highest BCUT2D eigenvalue weighted by Crippen LogP contribution is 2.30. The summed E-state index contributed by atoms with van der Waals surface area (Å²) in [6.45, 7) is 3.00. The Labute approximate surface area is 130 Å². The van der Waals surface area contributed by atoms with Gasteiger partial charge in [-0.15, -0.1) is 0 Å². The zero-order valence-electron chi connectivity index (χ0n) is 11.3. The molecule has 0 heterocycles. The fraction of sp³-hybridized carbons (Fsp3) is 0.417. The summed E-state index contributed by atoms with van der Waals surface area (Å²) in [7, 11) is -3.99. The molecule has 1 unspecified atom stereocenters. The summed E-state index contributed by atoms with van der Waals surface area (Å²) >= 11 is 3.00. The molecule has 1 N–H and O–H groups in total. The number of rotatable bonds is 6. The number of carboxylic acid groups (broad SMARTS) is 1. The quantitative estimate of drug-likeness (QED) is 0.599. The maximum atomic E-state index is 12.2. The van der Waals surface area contributed by atoms with Crippen molar-refractivity contribution in [3.05, 3.63) is 38.3 Å². The van der Waals surface area contributed by atoms with Gasteiger partial charge >= 0.3 is 5.97 Å². The van der Waals surface area contributed by atoms with Crippen LogP contribution in [-0.4, -0.2) is 29.7 Å². The Bertz CT molecular complexity index is 670. The summed E-state index contributed by atoms with van der Waals surface area (Å²) in [4.78, 5) is 21.3. The van der Waals surface area contributed by atoms with E-state index < -0.39 is 37.7 Å². The first-order chi connectivity index (χ1) is 9.58. The Morgan fingerprint density at radius 1 is 1.43 bits per heavy atom. The lowest BCUT2D eigenvalue weighted by molar-refractivity contribution is -0.385. The molecule has 9 heteroatoms. The Morgan fingerprint density at radius 3 is 2.43 bits per heavy atom. The number of aliphatic carboxylic acids is 1. The van der Waals surface area contributed by atoms with Crippen molar-refractivity contribution in [3.8, 4) is 0 Å². The molecule has 1 aromatic carbocycles. The van der Waals surface area contributed by atoms with Crippen LogP contribution in [0.25, 0.3) is 0 Å². The molecule has 0 bridgehead atoms. The van der Waals surface area contributed by atoms with Crippen molar-refractivity contribution in [2.24, 2.45) is 5.92 Å². The van der Waals surface area contributed by atoms with Gasteiger partial charge in [0, 0.05) is 6.07 Å². The van der Waals surface area contributed by atoms with Gasteiger partial charge in [0.1, 0.15) is 0 Å². The number of carboxylic acids is 1. The smallest absolute Gasteiger partial charge is 0.322 e. The van der Waals surface area contributed by atoms with Gasteiger partial charge in [0.05, 0.1) is 15.1 Å². The highest BCUT2D eigenvalue weighted by molar-refractivity contribution is 9.10. The number of nitro groups is 1. The molecule has 0 aromatic heterocycles. The van der Waals surface area contributed by atoms with Crippen molar-refractivity contribution >= 4 is 37.4 Å². The minimum atomic E-state index is -3.99. The van der Waals surface area contributed by atoms with Gasteiger partial charge in [-0.2, -0.15) is 0 Å². The van der Waals surface area contributed by atoms with E-state index in [1.165, 1.54) is 32.0 Å². The van der Waals surface area contributed by atoms with Crippen LogP contribution < -0.4 is 0 Å². The van der Waals surface area contributed by atoms with Crippen molar-refractivity contribution in [2.75, 3.05) is 0 Å². The van der Waals surface area contributed by atoms with E-state index in [0.29, 0.717) is 0 Å². The number of hydrogen-bond acceptors (Lipinski definition) is 5. The van der Waals surface area contributed by atoms with Gasteiger partial charge in [0.25, 0.3) is 5.69 Å². The number of hydrogen-bond donors (Lipinski definition) is 1. The third-order valence-corrected chi connectivity index (χ3v) is 6.00. The SMILES string of the molecule is CC(C)C(C(=O)O)S(=O)(=O)Cc1cccc([N+](=O)[O-])c1Br. The third-order valence-electron chi connectivity index (χ3n) is 2.85. The Balaban J connectivity index is 3.24. The molecule has 0 fully saturated rings. The molecule has 21 heavy (non-hydrogen) atoms. The first-order valence-electron chi connectivity index (χ1n) is 5.94. The van der Waals surface area contributed by atoms with Crippen LogP contribution >= 0.6 is 15.9 Å². The van der Waals surface area contributed by atoms with E-state index in [4.69, 9.17) is 5.11 Å². The van der Waals surface area contributed by atoms with Crippen molar-refractivity contribution < 1.29 is 23.2 Å². The number of halogens is 1.